The van der Waals surface area contributed by atoms with Crippen molar-refractivity contribution in [3.05, 3.63) is 0 Å². The average Bonchev–Trinajstić information content (AvgIpc) is 2.06. The molecule has 0 saturated heterocycles. The van der Waals surface area contributed by atoms with Crippen LogP contribution in [0.3, 0.4) is 0 Å². The first-order valence-corrected chi connectivity index (χ1v) is 3.84. The van der Waals surface area contributed by atoms with Crippen molar-refractivity contribution in [3.63, 3.8) is 0 Å². The van der Waals surface area contributed by atoms with E-state index >= 15 is 0 Å². The quantitative estimate of drug-likeness (QED) is 0.636. The van der Waals surface area contributed by atoms with Crippen LogP contribution in [0.5, 0.6) is 0 Å². The zero-order valence-corrected chi connectivity index (χ0v) is 8.19. The molecule has 0 aliphatic heterocycles. The number of carbonyl (C=O) groups is 1. The van der Waals surface area contributed by atoms with Gasteiger partial charge in [0.05, 0.1) is 0 Å². The Hall–Kier alpha value is -0.570. The summed E-state index contributed by atoms with van der Waals surface area (Å²) in [6, 6.07) is 0. The molecule has 11 heavy (non-hydrogen) atoms. The lowest BCUT2D eigenvalue weighted by Gasteiger charge is -2.19. The topological polar surface area (TPSA) is 55.1 Å². The lowest BCUT2D eigenvalue weighted by Crippen LogP contribution is -2.33. The van der Waals surface area contributed by atoms with Gasteiger partial charge in [-0.25, -0.2) is 0 Å². The molecular formula is C8H22N2O. The first-order valence-electron chi connectivity index (χ1n) is 3.84. The van der Waals surface area contributed by atoms with E-state index in [-0.39, 0.29) is 12.7 Å². The molecule has 3 nitrogen and oxygen atoms in total. The van der Waals surface area contributed by atoms with Crippen molar-refractivity contribution in [2.24, 2.45) is 11.1 Å². The van der Waals surface area contributed by atoms with Crippen LogP contribution in [0, 0.1) is 5.41 Å². The number of hydrogen-bond donors (Lipinski definition) is 2. The Morgan fingerprint density at radius 2 is 1.91 bits per heavy atom. The summed E-state index contributed by atoms with van der Waals surface area (Å²) < 4.78 is 0. The SMILES string of the molecule is CCC(C)(C)C(=O)NC.CN.[HH]. The van der Waals surface area contributed by atoms with Crippen molar-refractivity contribution in [2.75, 3.05) is 14.1 Å². The molecule has 0 fully saturated rings. The summed E-state index contributed by atoms with van der Waals surface area (Å²) in [5.41, 5.74) is 4.30. The van der Waals surface area contributed by atoms with Gasteiger partial charge in [-0.05, 0) is 13.5 Å². The second-order valence-electron chi connectivity index (χ2n) is 2.82. The minimum atomic E-state index is -0.200. The maximum atomic E-state index is 11.0. The summed E-state index contributed by atoms with van der Waals surface area (Å²) in [7, 11) is 3.17. The second kappa shape index (κ2) is 6.16. The molecule has 0 heterocycles. The zero-order valence-electron chi connectivity index (χ0n) is 8.19. The molecular weight excluding hydrogens is 140 g/mol. The van der Waals surface area contributed by atoms with Crippen LogP contribution in [0.4, 0.5) is 0 Å². The van der Waals surface area contributed by atoms with Gasteiger partial charge in [-0.15, -0.1) is 0 Å². The molecule has 0 aromatic carbocycles. The smallest absolute Gasteiger partial charge is 0.225 e. The van der Waals surface area contributed by atoms with Gasteiger partial charge in [0, 0.05) is 13.9 Å². The van der Waals surface area contributed by atoms with Gasteiger partial charge in [0.1, 0.15) is 0 Å². The first-order chi connectivity index (χ1) is 5.04. The number of nitrogens with two attached hydrogens (primary N) is 1. The van der Waals surface area contributed by atoms with Crippen LogP contribution in [0.25, 0.3) is 0 Å². The van der Waals surface area contributed by atoms with Crippen LogP contribution < -0.4 is 11.1 Å². The molecule has 70 valence electrons. The maximum absolute atomic E-state index is 11.0. The van der Waals surface area contributed by atoms with E-state index in [0.717, 1.165) is 6.42 Å². The lowest BCUT2D eigenvalue weighted by molar-refractivity contribution is -0.128. The molecule has 1 amide bonds. The Labute approximate surface area is 70.8 Å². The van der Waals surface area contributed by atoms with Crippen molar-refractivity contribution >= 4 is 5.91 Å². The second-order valence-corrected chi connectivity index (χ2v) is 2.82. The predicted octanol–water partition coefficient (Wildman–Crippen LogP) is 0.990. The van der Waals surface area contributed by atoms with Gasteiger partial charge < -0.3 is 11.1 Å². The number of amides is 1. The molecule has 0 saturated carbocycles. The Bertz CT molecular complexity index is 116. The third-order valence-electron chi connectivity index (χ3n) is 1.73. The highest BCUT2D eigenvalue weighted by Crippen LogP contribution is 2.18. The number of rotatable bonds is 2. The summed E-state index contributed by atoms with van der Waals surface area (Å²) in [5.74, 6) is 0.116. The van der Waals surface area contributed by atoms with E-state index in [1.165, 1.54) is 7.05 Å². The molecule has 0 radical (unpaired) electrons. The highest BCUT2D eigenvalue weighted by atomic mass is 16.2. The van der Waals surface area contributed by atoms with E-state index in [9.17, 15) is 4.79 Å². The average molecular weight is 162 g/mol. The van der Waals surface area contributed by atoms with Gasteiger partial charge in [0.25, 0.3) is 0 Å². The van der Waals surface area contributed by atoms with Gasteiger partial charge in [0.2, 0.25) is 5.91 Å². The van der Waals surface area contributed by atoms with Gasteiger partial charge in [-0.2, -0.15) is 0 Å². The van der Waals surface area contributed by atoms with E-state index in [0.29, 0.717) is 0 Å². The highest BCUT2D eigenvalue weighted by Gasteiger charge is 2.23. The predicted molar refractivity (Wildman–Crippen MR) is 50.4 cm³/mol. The van der Waals surface area contributed by atoms with E-state index in [1.54, 1.807) is 7.05 Å². The normalized spacial score (nSPS) is 9.64. The molecule has 3 N–H and O–H groups in total. The van der Waals surface area contributed by atoms with Crippen molar-refractivity contribution in [1.29, 1.82) is 0 Å². The molecule has 3 heteroatoms. The Balaban J connectivity index is -0.000000249. The monoisotopic (exact) mass is 162 g/mol. The standard InChI is InChI=1S/C7H15NO.CH5N.H2/c1-5-7(2,3)6(9)8-4;1-2;/h5H2,1-4H3,(H,8,9);2H2,1H3;1H. The van der Waals surface area contributed by atoms with Crippen molar-refractivity contribution in [1.82, 2.24) is 5.32 Å². The van der Waals surface area contributed by atoms with Gasteiger partial charge in [0.15, 0.2) is 0 Å². The highest BCUT2D eigenvalue weighted by molar-refractivity contribution is 5.81. The number of hydrogen-bond acceptors (Lipinski definition) is 2. The molecule has 0 aliphatic carbocycles. The number of nitrogens with one attached hydrogen (secondary N) is 1. The van der Waals surface area contributed by atoms with E-state index in [1.807, 2.05) is 20.8 Å². The van der Waals surface area contributed by atoms with Crippen molar-refractivity contribution < 1.29 is 6.22 Å². The summed E-state index contributed by atoms with van der Waals surface area (Å²) in [6.45, 7) is 5.88. The van der Waals surface area contributed by atoms with E-state index in [2.05, 4.69) is 11.1 Å². The molecule has 0 unspecified atom stereocenters. The third kappa shape index (κ3) is 4.79. The van der Waals surface area contributed by atoms with Crippen molar-refractivity contribution in [3.8, 4) is 0 Å². The molecule has 0 aliphatic rings. The van der Waals surface area contributed by atoms with Crippen LogP contribution in [0.2, 0.25) is 0 Å². The Morgan fingerprint density at radius 3 is 2.00 bits per heavy atom. The minimum absolute atomic E-state index is 0. The van der Waals surface area contributed by atoms with Gasteiger partial charge in [-0.3, -0.25) is 4.79 Å². The Kier molecular flexibility index (Phi) is 7.31. The molecule has 0 atom stereocenters. The molecule has 0 rings (SSSR count). The van der Waals surface area contributed by atoms with E-state index < -0.39 is 0 Å². The lowest BCUT2D eigenvalue weighted by atomic mass is 9.89. The number of carbonyl (C=O) groups excluding carboxylic acids is 1. The summed E-state index contributed by atoms with van der Waals surface area (Å²) in [6.07, 6.45) is 0.882. The third-order valence-corrected chi connectivity index (χ3v) is 1.73. The summed E-state index contributed by atoms with van der Waals surface area (Å²) in [5, 5.41) is 2.62. The summed E-state index contributed by atoms with van der Waals surface area (Å²) >= 11 is 0. The van der Waals surface area contributed by atoms with Crippen LogP contribution in [-0.2, 0) is 4.79 Å². The van der Waals surface area contributed by atoms with Crippen molar-refractivity contribution in [2.45, 2.75) is 27.2 Å². The molecule has 0 spiro atoms. The molecule has 0 aromatic rings. The molecule has 0 bridgehead atoms. The first kappa shape index (κ1) is 13.1. The fourth-order valence-corrected chi connectivity index (χ4v) is 0.499. The van der Waals surface area contributed by atoms with E-state index in [4.69, 9.17) is 0 Å². The zero-order chi connectivity index (χ0) is 9.49. The van der Waals surface area contributed by atoms with Gasteiger partial charge in [-0.1, -0.05) is 20.8 Å². The van der Waals surface area contributed by atoms with Crippen LogP contribution in [0.15, 0.2) is 0 Å². The van der Waals surface area contributed by atoms with Crippen LogP contribution in [0.1, 0.15) is 28.6 Å². The van der Waals surface area contributed by atoms with Gasteiger partial charge >= 0.3 is 0 Å². The van der Waals surface area contributed by atoms with Crippen LogP contribution >= 0.6 is 0 Å². The Morgan fingerprint density at radius 1 is 1.55 bits per heavy atom. The fraction of sp³-hybridized carbons (Fsp3) is 0.875. The largest absolute Gasteiger partial charge is 0.359 e. The maximum Gasteiger partial charge on any atom is 0.225 e. The fourth-order valence-electron chi connectivity index (χ4n) is 0.499. The molecule has 0 aromatic heterocycles. The minimum Gasteiger partial charge on any atom is -0.359 e. The summed E-state index contributed by atoms with van der Waals surface area (Å²) in [4.78, 5) is 11.0. The van der Waals surface area contributed by atoms with Crippen LogP contribution in [-0.4, -0.2) is 20.0 Å².